The topological polar surface area (TPSA) is 3.24 Å². The summed E-state index contributed by atoms with van der Waals surface area (Å²) in [6.45, 7) is 6.91. The Morgan fingerprint density at radius 2 is 2.36 bits per heavy atom. The molecule has 0 fully saturated rings. The Bertz CT molecular complexity index is 152. The SMILES string of the molecule is CC(C)N1CCC=C(CBr)C1. The molecular formula is C9H16BrN. The number of halogens is 1. The van der Waals surface area contributed by atoms with Crippen molar-refractivity contribution in [1.29, 1.82) is 0 Å². The Hall–Kier alpha value is 0.180. The molecule has 2 heteroatoms. The van der Waals surface area contributed by atoms with Crippen LogP contribution in [0.25, 0.3) is 0 Å². The monoisotopic (exact) mass is 217 g/mol. The Morgan fingerprint density at radius 1 is 1.64 bits per heavy atom. The zero-order chi connectivity index (χ0) is 8.27. The normalized spacial score (nSPS) is 20.5. The molecule has 0 amide bonds. The van der Waals surface area contributed by atoms with E-state index in [0.717, 1.165) is 11.9 Å². The van der Waals surface area contributed by atoms with Gasteiger partial charge in [-0.1, -0.05) is 22.0 Å². The standard InChI is InChI=1S/C9H16BrN/c1-8(2)11-5-3-4-9(6-10)7-11/h4,8H,3,5-7H2,1-2H3. The van der Waals surface area contributed by atoms with Crippen LogP contribution in [-0.2, 0) is 0 Å². The maximum absolute atomic E-state index is 3.49. The fourth-order valence-corrected chi connectivity index (χ4v) is 1.78. The minimum absolute atomic E-state index is 0.692. The van der Waals surface area contributed by atoms with Crippen molar-refractivity contribution in [3.05, 3.63) is 11.6 Å². The molecule has 0 spiro atoms. The van der Waals surface area contributed by atoms with E-state index in [4.69, 9.17) is 0 Å². The van der Waals surface area contributed by atoms with Gasteiger partial charge in [-0.3, -0.25) is 4.90 Å². The van der Waals surface area contributed by atoms with Crippen molar-refractivity contribution in [2.75, 3.05) is 18.4 Å². The van der Waals surface area contributed by atoms with Gasteiger partial charge in [-0.15, -0.1) is 0 Å². The Morgan fingerprint density at radius 3 is 2.91 bits per heavy atom. The van der Waals surface area contributed by atoms with Gasteiger partial charge in [-0.2, -0.15) is 0 Å². The van der Waals surface area contributed by atoms with E-state index in [-0.39, 0.29) is 0 Å². The lowest BCUT2D eigenvalue weighted by atomic mass is 10.1. The maximum Gasteiger partial charge on any atom is 0.0254 e. The fraction of sp³-hybridized carbons (Fsp3) is 0.778. The zero-order valence-electron chi connectivity index (χ0n) is 7.31. The van der Waals surface area contributed by atoms with Gasteiger partial charge in [0.05, 0.1) is 0 Å². The first kappa shape index (κ1) is 9.27. The van der Waals surface area contributed by atoms with Crippen LogP contribution in [0.4, 0.5) is 0 Å². The number of nitrogens with zero attached hydrogens (tertiary/aromatic N) is 1. The van der Waals surface area contributed by atoms with Crippen molar-refractivity contribution in [2.45, 2.75) is 26.3 Å². The van der Waals surface area contributed by atoms with Crippen LogP contribution >= 0.6 is 15.9 Å². The van der Waals surface area contributed by atoms with Gasteiger partial charge in [0.1, 0.15) is 0 Å². The van der Waals surface area contributed by atoms with Gasteiger partial charge < -0.3 is 0 Å². The van der Waals surface area contributed by atoms with E-state index in [1.54, 1.807) is 0 Å². The van der Waals surface area contributed by atoms with Gasteiger partial charge in [0, 0.05) is 24.5 Å². The zero-order valence-corrected chi connectivity index (χ0v) is 8.89. The van der Waals surface area contributed by atoms with Crippen LogP contribution in [0.15, 0.2) is 11.6 Å². The average molecular weight is 218 g/mol. The van der Waals surface area contributed by atoms with Crippen LogP contribution in [0.3, 0.4) is 0 Å². The van der Waals surface area contributed by atoms with Crippen molar-refractivity contribution >= 4 is 15.9 Å². The number of alkyl halides is 1. The molecule has 0 N–H and O–H groups in total. The highest BCUT2D eigenvalue weighted by atomic mass is 79.9. The molecule has 0 aromatic carbocycles. The lowest BCUT2D eigenvalue weighted by Gasteiger charge is -2.30. The summed E-state index contributed by atoms with van der Waals surface area (Å²) in [5.74, 6) is 0. The van der Waals surface area contributed by atoms with Gasteiger partial charge in [0.25, 0.3) is 0 Å². The molecule has 0 aliphatic carbocycles. The van der Waals surface area contributed by atoms with Crippen molar-refractivity contribution in [1.82, 2.24) is 4.90 Å². The highest BCUT2D eigenvalue weighted by molar-refractivity contribution is 9.09. The molecule has 0 aromatic heterocycles. The van der Waals surface area contributed by atoms with Crippen molar-refractivity contribution in [2.24, 2.45) is 0 Å². The molecule has 1 nitrogen and oxygen atoms in total. The van der Waals surface area contributed by atoms with Crippen molar-refractivity contribution in [3.8, 4) is 0 Å². The first-order valence-electron chi connectivity index (χ1n) is 4.22. The van der Waals surface area contributed by atoms with E-state index in [9.17, 15) is 0 Å². The Balaban J connectivity index is 2.46. The largest absolute Gasteiger partial charge is 0.297 e. The summed E-state index contributed by atoms with van der Waals surface area (Å²) in [5.41, 5.74) is 1.53. The van der Waals surface area contributed by atoms with Gasteiger partial charge in [0.15, 0.2) is 0 Å². The highest BCUT2D eigenvalue weighted by Gasteiger charge is 2.13. The van der Waals surface area contributed by atoms with E-state index in [0.29, 0.717) is 6.04 Å². The molecule has 0 saturated heterocycles. The van der Waals surface area contributed by atoms with Gasteiger partial charge in [-0.25, -0.2) is 0 Å². The Labute approximate surface area is 77.6 Å². The first-order chi connectivity index (χ1) is 5.24. The summed E-state index contributed by atoms with van der Waals surface area (Å²) in [6, 6.07) is 0.692. The van der Waals surface area contributed by atoms with Crippen LogP contribution in [0.5, 0.6) is 0 Å². The van der Waals surface area contributed by atoms with Crippen LogP contribution in [-0.4, -0.2) is 29.4 Å². The molecule has 0 saturated carbocycles. The summed E-state index contributed by atoms with van der Waals surface area (Å²) >= 11 is 3.49. The van der Waals surface area contributed by atoms with Crippen molar-refractivity contribution < 1.29 is 0 Å². The summed E-state index contributed by atoms with van der Waals surface area (Å²) in [5, 5.41) is 1.04. The molecule has 1 aliphatic rings. The molecule has 1 rings (SSSR count). The molecule has 0 unspecified atom stereocenters. The Kier molecular flexibility index (Phi) is 3.60. The van der Waals surface area contributed by atoms with Gasteiger partial charge in [0.2, 0.25) is 0 Å². The van der Waals surface area contributed by atoms with Gasteiger partial charge >= 0.3 is 0 Å². The third-order valence-corrected chi connectivity index (χ3v) is 2.88. The summed E-state index contributed by atoms with van der Waals surface area (Å²) < 4.78 is 0. The predicted octanol–water partition coefficient (Wildman–Crippen LogP) is 2.42. The van der Waals surface area contributed by atoms with Crippen LogP contribution in [0.1, 0.15) is 20.3 Å². The molecule has 0 bridgehead atoms. The summed E-state index contributed by atoms with van der Waals surface area (Å²) in [4.78, 5) is 2.51. The maximum atomic E-state index is 3.49. The molecule has 0 radical (unpaired) electrons. The van der Waals surface area contributed by atoms with Gasteiger partial charge in [-0.05, 0) is 25.8 Å². The first-order valence-corrected chi connectivity index (χ1v) is 5.34. The lowest BCUT2D eigenvalue weighted by Crippen LogP contribution is -2.35. The molecule has 1 aliphatic heterocycles. The summed E-state index contributed by atoms with van der Waals surface area (Å²) in [6.07, 6.45) is 3.58. The smallest absolute Gasteiger partial charge is 0.0254 e. The molecule has 11 heavy (non-hydrogen) atoms. The number of hydrogen-bond donors (Lipinski definition) is 0. The van der Waals surface area contributed by atoms with Crippen LogP contribution in [0, 0.1) is 0 Å². The van der Waals surface area contributed by atoms with Crippen molar-refractivity contribution in [3.63, 3.8) is 0 Å². The summed E-state index contributed by atoms with van der Waals surface area (Å²) in [7, 11) is 0. The molecule has 64 valence electrons. The molecule has 0 aromatic rings. The second-order valence-electron chi connectivity index (χ2n) is 3.35. The third-order valence-electron chi connectivity index (χ3n) is 2.16. The highest BCUT2D eigenvalue weighted by Crippen LogP contribution is 2.13. The lowest BCUT2D eigenvalue weighted by molar-refractivity contribution is 0.236. The van der Waals surface area contributed by atoms with Crippen LogP contribution in [0.2, 0.25) is 0 Å². The molecule has 1 heterocycles. The second-order valence-corrected chi connectivity index (χ2v) is 3.91. The fourth-order valence-electron chi connectivity index (χ4n) is 1.38. The second kappa shape index (κ2) is 4.27. The predicted molar refractivity (Wildman–Crippen MR) is 53.2 cm³/mol. The quantitative estimate of drug-likeness (QED) is 0.508. The van der Waals surface area contributed by atoms with E-state index in [1.807, 2.05) is 0 Å². The minimum atomic E-state index is 0.692. The van der Waals surface area contributed by atoms with Crippen LogP contribution < -0.4 is 0 Å². The third kappa shape index (κ3) is 2.60. The van der Waals surface area contributed by atoms with E-state index in [1.165, 1.54) is 18.5 Å². The number of hydrogen-bond acceptors (Lipinski definition) is 1. The molecular weight excluding hydrogens is 202 g/mol. The van der Waals surface area contributed by atoms with E-state index in [2.05, 4.69) is 40.8 Å². The van der Waals surface area contributed by atoms with E-state index >= 15 is 0 Å². The minimum Gasteiger partial charge on any atom is -0.297 e. The number of rotatable bonds is 2. The van der Waals surface area contributed by atoms with E-state index < -0.39 is 0 Å². The average Bonchev–Trinajstić information content (AvgIpc) is 2.05. The molecule has 0 atom stereocenters.